The van der Waals surface area contributed by atoms with Crippen LogP contribution in [-0.2, 0) is 4.74 Å². The van der Waals surface area contributed by atoms with Gasteiger partial charge in [-0.2, -0.15) is 0 Å². The first-order chi connectivity index (χ1) is 10.8. The number of anilines is 1. The van der Waals surface area contributed by atoms with Crippen molar-refractivity contribution in [2.24, 2.45) is 0 Å². The van der Waals surface area contributed by atoms with Crippen LogP contribution in [0.2, 0.25) is 0 Å². The molecule has 114 valence electrons. The molecule has 0 radical (unpaired) electrons. The van der Waals surface area contributed by atoms with Crippen LogP contribution in [0.4, 0.5) is 5.95 Å². The van der Waals surface area contributed by atoms with Crippen molar-refractivity contribution in [1.29, 1.82) is 0 Å². The van der Waals surface area contributed by atoms with E-state index in [0.717, 1.165) is 44.9 Å². The Morgan fingerprint density at radius 3 is 2.82 bits per heavy atom. The Bertz CT molecular complexity index is 623. The lowest BCUT2D eigenvalue weighted by molar-refractivity contribution is -0.00681. The van der Waals surface area contributed by atoms with E-state index in [2.05, 4.69) is 24.8 Å². The minimum absolute atomic E-state index is 0.0854. The summed E-state index contributed by atoms with van der Waals surface area (Å²) in [4.78, 5) is 19.2. The standard InChI is InChI=1S/C16H19N5O/c1-3-16(11-21(6-1)15-19-4-2-5-20-15)7-13(10-22-16)14-8-17-12-18-9-14/h2,4-5,8-9,12-13H,1,3,6-7,10-11H2. The Balaban J connectivity index is 1.50. The Kier molecular flexibility index (Phi) is 3.46. The molecular formula is C16H19N5O. The predicted octanol–water partition coefficient (Wildman–Crippen LogP) is 1.81. The molecule has 1 spiro atoms. The van der Waals surface area contributed by atoms with Gasteiger partial charge in [0.15, 0.2) is 0 Å². The van der Waals surface area contributed by atoms with Gasteiger partial charge in [0.25, 0.3) is 0 Å². The van der Waals surface area contributed by atoms with Crippen molar-refractivity contribution in [2.75, 3.05) is 24.6 Å². The smallest absolute Gasteiger partial charge is 0.225 e. The van der Waals surface area contributed by atoms with E-state index < -0.39 is 0 Å². The fourth-order valence-electron chi connectivity index (χ4n) is 3.59. The maximum absolute atomic E-state index is 6.25. The zero-order valence-corrected chi connectivity index (χ0v) is 12.4. The number of hydrogen-bond acceptors (Lipinski definition) is 6. The molecule has 2 aliphatic rings. The van der Waals surface area contributed by atoms with Gasteiger partial charge < -0.3 is 9.64 Å². The summed E-state index contributed by atoms with van der Waals surface area (Å²) in [5.74, 6) is 1.19. The van der Waals surface area contributed by atoms with Crippen LogP contribution in [0, 0.1) is 0 Å². The van der Waals surface area contributed by atoms with Crippen molar-refractivity contribution in [3.8, 4) is 0 Å². The third kappa shape index (κ3) is 2.54. The summed E-state index contributed by atoms with van der Waals surface area (Å²) in [6, 6.07) is 1.85. The van der Waals surface area contributed by atoms with Gasteiger partial charge in [0.05, 0.1) is 12.2 Å². The molecule has 2 saturated heterocycles. The maximum atomic E-state index is 6.25. The lowest BCUT2D eigenvalue weighted by atomic mass is 9.85. The predicted molar refractivity (Wildman–Crippen MR) is 81.6 cm³/mol. The molecule has 22 heavy (non-hydrogen) atoms. The van der Waals surface area contributed by atoms with Crippen LogP contribution < -0.4 is 4.90 Å². The number of ether oxygens (including phenoxy) is 1. The molecule has 0 saturated carbocycles. The number of hydrogen-bond donors (Lipinski definition) is 0. The largest absolute Gasteiger partial charge is 0.372 e. The highest BCUT2D eigenvalue weighted by Gasteiger charge is 2.44. The van der Waals surface area contributed by atoms with Crippen LogP contribution >= 0.6 is 0 Å². The molecule has 0 N–H and O–H groups in total. The molecule has 6 nitrogen and oxygen atoms in total. The summed E-state index contributed by atoms with van der Waals surface area (Å²) in [7, 11) is 0. The van der Waals surface area contributed by atoms with E-state index in [-0.39, 0.29) is 5.60 Å². The minimum Gasteiger partial charge on any atom is -0.372 e. The minimum atomic E-state index is -0.0854. The zero-order chi connectivity index (χ0) is 14.8. The van der Waals surface area contributed by atoms with Crippen molar-refractivity contribution in [3.05, 3.63) is 42.7 Å². The van der Waals surface area contributed by atoms with E-state index in [1.54, 1.807) is 18.7 Å². The van der Waals surface area contributed by atoms with Gasteiger partial charge in [-0.3, -0.25) is 0 Å². The zero-order valence-electron chi connectivity index (χ0n) is 12.4. The quantitative estimate of drug-likeness (QED) is 0.842. The summed E-state index contributed by atoms with van der Waals surface area (Å²) in [6.07, 6.45) is 12.2. The van der Waals surface area contributed by atoms with Gasteiger partial charge >= 0.3 is 0 Å². The molecule has 2 aliphatic heterocycles. The number of rotatable bonds is 2. The van der Waals surface area contributed by atoms with Gasteiger partial charge in [-0.25, -0.2) is 19.9 Å². The highest BCUT2D eigenvalue weighted by molar-refractivity contribution is 5.31. The van der Waals surface area contributed by atoms with Crippen LogP contribution in [0.3, 0.4) is 0 Å². The molecule has 0 amide bonds. The molecule has 6 heteroatoms. The van der Waals surface area contributed by atoms with Crippen molar-refractivity contribution in [2.45, 2.75) is 30.8 Å². The molecule has 2 atom stereocenters. The van der Waals surface area contributed by atoms with E-state index in [4.69, 9.17) is 4.74 Å². The Labute approximate surface area is 129 Å². The van der Waals surface area contributed by atoms with Gasteiger partial charge in [0.1, 0.15) is 6.33 Å². The lowest BCUT2D eigenvalue weighted by Crippen LogP contribution is -2.48. The average Bonchev–Trinajstić information content (AvgIpc) is 3.00. The van der Waals surface area contributed by atoms with Crippen molar-refractivity contribution in [1.82, 2.24) is 19.9 Å². The second kappa shape index (κ2) is 5.61. The van der Waals surface area contributed by atoms with Crippen LogP contribution in [0.25, 0.3) is 0 Å². The summed E-state index contributed by atoms with van der Waals surface area (Å²) in [5, 5.41) is 0. The van der Waals surface area contributed by atoms with E-state index in [0.29, 0.717) is 5.92 Å². The summed E-state index contributed by atoms with van der Waals surface area (Å²) >= 11 is 0. The summed E-state index contributed by atoms with van der Waals surface area (Å²) in [6.45, 7) is 2.60. The molecule has 4 rings (SSSR count). The second-order valence-corrected chi connectivity index (χ2v) is 6.14. The summed E-state index contributed by atoms with van der Waals surface area (Å²) in [5.41, 5.74) is 1.09. The van der Waals surface area contributed by atoms with Gasteiger partial charge in [0, 0.05) is 43.8 Å². The van der Waals surface area contributed by atoms with E-state index in [1.165, 1.54) is 5.56 Å². The third-order valence-corrected chi connectivity index (χ3v) is 4.64. The highest BCUT2D eigenvalue weighted by atomic mass is 16.5. The van der Waals surface area contributed by atoms with Crippen molar-refractivity contribution < 1.29 is 4.74 Å². The SMILES string of the molecule is c1cnc(N2CCCC3(CC(c4cncnc4)CO3)C2)nc1. The first kappa shape index (κ1) is 13.6. The molecular weight excluding hydrogens is 278 g/mol. The number of piperidine rings is 1. The average molecular weight is 297 g/mol. The summed E-state index contributed by atoms with van der Waals surface area (Å²) < 4.78 is 6.25. The fraction of sp³-hybridized carbons (Fsp3) is 0.500. The monoisotopic (exact) mass is 297 g/mol. The van der Waals surface area contributed by atoms with Crippen molar-refractivity contribution in [3.63, 3.8) is 0 Å². The van der Waals surface area contributed by atoms with Gasteiger partial charge in [-0.1, -0.05) is 0 Å². The van der Waals surface area contributed by atoms with E-state index in [9.17, 15) is 0 Å². The molecule has 2 fully saturated rings. The highest BCUT2D eigenvalue weighted by Crippen LogP contribution is 2.41. The number of nitrogens with zero attached hydrogens (tertiary/aromatic N) is 5. The van der Waals surface area contributed by atoms with Gasteiger partial charge in [0.2, 0.25) is 5.95 Å². The van der Waals surface area contributed by atoms with Crippen molar-refractivity contribution >= 4 is 5.95 Å². The molecule has 0 aromatic carbocycles. The topological polar surface area (TPSA) is 64.0 Å². The molecule has 2 aromatic heterocycles. The van der Waals surface area contributed by atoms with Crippen LogP contribution in [-0.4, -0.2) is 45.2 Å². The van der Waals surface area contributed by atoms with Crippen LogP contribution in [0.15, 0.2) is 37.2 Å². The van der Waals surface area contributed by atoms with Crippen LogP contribution in [0.1, 0.15) is 30.7 Å². The van der Waals surface area contributed by atoms with Gasteiger partial charge in [-0.15, -0.1) is 0 Å². The maximum Gasteiger partial charge on any atom is 0.225 e. The molecule has 0 bridgehead atoms. The Hall–Kier alpha value is -2.08. The Morgan fingerprint density at radius 1 is 1.18 bits per heavy atom. The molecule has 4 heterocycles. The fourth-order valence-corrected chi connectivity index (χ4v) is 3.59. The molecule has 0 aliphatic carbocycles. The van der Waals surface area contributed by atoms with E-state index >= 15 is 0 Å². The first-order valence-electron chi connectivity index (χ1n) is 7.76. The third-order valence-electron chi connectivity index (χ3n) is 4.64. The number of aromatic nitrogens is 4. The first-order valence-corrected chi connectivity index (χ1v) is 7.76. The van der Waals surface area contributed by atoms with E-state index in [1.807, 2.05) is 18.5 Å². The lowest BCUT2D eigenvalue weighted by Gasteiger charge is -2.39. The van der Waals surface area contributed by atoms with Crippen LogP contribution in [0.5, 0.6) is 0 Å². The second-order valence-electron chi connectivity index (χ2n) is 6.14. The van der Waals surface area contributed by atoms with Gasteiger partial charge in [-0.05, 0) is 30.9 Å². The molecule has 2 unspecified atom stereocenters. The Morgan fingerprint density at radius 2 is 2.00 bits per heavy atom. The normalized spacial score (nSPS) is 28.2. The molecule has 2 aromatic rings.